The number of halogens is 1. The topological polar surface area (TPSA) is 55.1 Å². The normalized spacial score (nSPS) is 16.0. The lowest BCUT2D eigenvalue weighted by atomic mass is 9.78. The molecule has 4 heteroatoms. The SMILES string of the molecule is Nc1ccc(CCNC(=O)C2(c3ccc(Cl)cc3)CCCC2)cc1. The number of hydrogen-bond acceptors (Lipinski definition) is 2. The van der Waals surface area contributed by atoms with Crippen LogP contribution in [0.15, 0.2) is 48.5 Å². The van der Waals surface area contributed by atoms with Gasteiger partial charge in [-0.2, -0.15) is 0 Å². The van der Waals surface area contributed by atoms with Crippen molar-refractivity contribution in [1.29, 1.82) is 0 Å². The molecule has 2 aromatic carbocycles. The van der Waals surface area contributed by atoms with Gasteiger partial charge in [-0.3, -0.25) is 4.79 Å². The second kappa shape index (κ2) is 7.27. The number of carbonyl (C=O) groups is 1. The third kappa shape index (κ3) is 3.57. The summed E-state index contributed by atoms with van der Waals surface area (Å²) in [5.74, 6) is 0.137. The van der Waals surface area contributed by atoms with Crippen molar-refractivity contribution in [3.63, 3.8) is 0 Å². The van der Waals surface area contributed by atoms with Crippen LogP contribution in [-0.2, 0) is 16.6 Å². The van der Waals surface area contributed by atoms with Crippen LogP contribution in [0.1, 0.15) is 36.8 Å². The van der Waals surface area contributed by atoms with E-state index < -0.39 is 5.41 Å². The van der Waals surface area contributed by atoms with Gasteiger partial charge < -0.3 is 11.1 Å². The van der Waals surface area contributed by atoms with E-state index in [2.05, 4.69) is 5.32 Å². The van der Waals surface area contributed by atoms with E-state index in [0.717, 1.165) is 43.4 Å². The molecule has 1 amide bonds. The number of hydrogen-bond donors (Lipinski definition) is 2. The van der Waals surface area contributed by atoms with Crippen molar-refractivity contribution in [2.45, 2.75) is 37.5 Å². The molecule has 3 rings (SSSR count). The summed E-state index contributed by atoms with van der Waals surface area (Å²) in [6.07, 6.45) is 4.80. The molecule has 0 aromatic heterocycles. The molecule has 0 bridgehead atoms. The number of nitrogens with one attached hydrogen (secondary N) is 1. The molecule has 1 aliphatic carbocycles. The van der Waals surface area contributed by atoms with E-state index >= 15 is 0 Å². The van der Waals surface area contributed by atoms with E-state index in [0.29, 0.717) is 11.6 Å². The molecule has 0 saturated heterocycles. The Balaban J connectivity index is 1.66. The molecule has 1 fully saturated rings. The maximum atomic E-state index is 12.9. The van der Waals surface area contributed by atoms with Gasteiger partial charge >= 0.3 is 0 Å². The molecule has 0 unspecified atom stereocenters. The predicted octanol–water partition coefficient (Wildman–Crippen LogP) is 4.09. The largest absolute Gasteiger partial charge is 0.399 e. The van der Waals surface area contributed by atoms with Crippen LogP contribution in [0.25, 0.3) is 0 Å². The Labute approximate surface area is 148 Å². The van der Waals surface area contributed by atoms with Crippen molar-refractivity contribution < 1.29 is 4.79 Å². The highest BCUT2D eigenvalue weighted by Gasteiger charge is 2.42. The summed E-state index contributed by atoms with van der Waals surface area (Å²) in [7, 11) is 0. The zero-order chi connectivity index (χ0) is 17.0. The first-order valence-electron chi connectivity index (χ1n) is 8.49. The molecule has 126 valence electrons. The summed E-state index contributed by atoms with van der Waals surface area (Å²) in [6, 6.07) is 15.5. The number of carbonyl (C=O) groups excluding carboxylic acids is 1. The van der Waals surface area contributed by atoms with Crippen LogP contribution < -0.4 is 11.1 Å². The van der Waals surface area contributed by atoms with Gasteiger partial charge in [0, 0.05) is 17.3 Å². The van der Waals surface area contributed by atoms with E-state index in [1.807, 2.05) is 48.5 Å². The summed E-state index contributed by atoms with van der Waals surface area (Å²) in [5.41, 5.74) is 8.32. The van der Waals surface area contributed by atoms with Crippen molar-refractivity contribution in [2.24, 2.45) is 0 Å². The average Bonchev–Trinajstić information content (AvgIpc) is 3.08. The highest BCUT2D eigenvalue weighted by atomic mass is 35.5. The quantitative estimate of drug-likeness (QED) is 0.804. The standard InChI is InChI=1S/C20H23ClN2O/c21-17-7-5-16(6-8-17)20(12-1-2-13-20)19(24)23-14-11-15-3-9-18(22)10-4-15/h3-10H,1-2,11-14,22H2,(H,23,24). The lowest BCUT2D eigenvalue weighted by Gasteiger charge is -2.28. The van der Waals surface area contributed by atoms with Gasteiger partial charge in [0.1, 0.15) is 0 Å². The Bertz CT molecular complexity index is 689. The Hall–Kier alpha value is -2.00. The van der Waals surface area contributed by atoms with Crippen LogP contribution >= 0.6 is 11.6 Å². The molecule has 0 radical (unpaired) electrons. The predicted molar refractivity (Wildman–Crippen MR) is 99.2 cm³/mol. The van der Waals surface area contributed by atoms with Gasteiger partial charge in [0.05, 0.1) is 5.41 Å². The van der Waals surface area contributed by atoms with Crippen LogP contribution in [-0.4, -0.2) is 12.5 Å². The third-order valence-corrected chi connectivity index (χ3v) is 5.22. The maximum Gasteiger partial charge on any atom is 0.230 e. The number of nitrogens with two attached hydrogens (primary N) is 1. The first-order chi connectivity index (χ1) is 11.6. The first-order valence-corrected chi connectivity index (χ1v) is 8.87. The fourth-order valence-electron chi connectivity index (χ4n) is 3.57. The van der Waals surface area contributed by atoms with Gasteiger partial charge in [0.15, 0.2) is 0 Å². The van der Waals surface area contributed by atoms with Crippen molar-refractivity contribution in [1.82, 2.24) is 5.32 Å². The fraction of sp³-hybridized carbons (Fsp3) is 0.350. The molecule has 1 saturated carbocycles. The molecule has 24 heavy (non-hydrogen) atoms. The minimum absolute atomic E-state index is 0.137. The summed E-state index contributed by atoms with van der Waals surface area (Å²) < 4.78 is 0. The van der Waals surface area contributed by atoms with Crippen molar-refractivity contribution in [3.05, 3.63) is 64.7 Å². The van der Waals surface area contributed by atoms with E-state index in [1.165, 1.54) is 5.56 Å². The number of nitrogen functional groups attached to an aromatic ring is 1. The minimum atomic E-state index is -0.397. The molecule has 0 heterocycles. The lowest BCUT2D eigenvalue weighted by molar-refractivity contribution is -0.126. The molecule has 3 nitrogen and oxygen atoms in total. The van der Waals surface area contributed by atoms with Gasteiger partial charge in [-0.05, 0) is 54.7 Å². The molecule has 2 aromatic rings. The number of benzene rings is 2. The van der Waals surface area contributed by atoms with Crippen molar-refractivity contribution >= 4 is 23.2 Å². The molecular formula is C20H23ClN2O. The van der Waals surface area contributed by atoms with Crippen LogP contribution in [0, 0.1) is 0 Å². The lowest BCUT2D eigenvalue weighted by Crippen LogP contribution is -2.43. The zero-order valence-electron chi connectivity index (χ0n) is 13.7. The van der Waals surface area contributed by atoms with Crippen molar-refractivity contribution in [3.8, 4) is 0 Å². The summed E-state index contributed by atoms with van der Waals surface area (Å²) in [6.45, 7) is 0.637. The van der Waals surface area contributed by atoms with Gasteiger partial charge in [-0.25, -0.2) is 0 Å². The van der Waals surface area contributed by atoms with Crippen LogP contribution in [0.2, 0.25) is 5.02 Å². The van der Waals surface area contributed by atoms with E-state index in [9.17, 15) is 4.79 Å². The Kier molecular flexibility index (Phi) is 5.10. The monoisotopic (exact) mass is 342 g/mol. The Morgan fingerprint density at radius 2 is 1.67 bits per heavy atom. The van der Waals surface area contributed by atoms with E-state index in [4.69, 9.17) is 17.3 Å². The third-order valence-electron chi connectivity index (χ3n) is 4.97. The molecular weight excluding hydrogens is 320 g/mol. The minimum Gasteiger partial charge on any atom is -0.399 e. The summed E-state index contributed by atoms with van der Waals surface area (Å²) >= 11 is 6.00. The molecule has 1 aliphatic rings. The van der Waals surface area contributed by atoms with Crippen LogP contribution in [0.4, 0.5) is 5.69 Å². The van der Waals surface area contributed by atoms with Crippen LogP contribution in [0.3, 0.4) is 0 Å². The number of anilines is 1. The van der Waals surface area contributed by atoms with E-state index in [-0.39, 0.29) is 5.91 Å². The van der Waals surface area contributed by atoms with Gasteiger partial charge in [0.2, 0.25) is 5.91 Å². The highest BCUT2D eigenvalue weighted by Crippen LogP contribution is 2.41. The summed E-state index contributed by atoms with van der Waals surface area (Å²) in [4.78, 5) is 12.9. The molecule has 0 spiro atoms. The first kappa shape index (κ1) is 16.8. The Morgan fingerprint density at radius 1 is 1.04 bits per heavy atom. The van der Waals surface area contributed by atoms with Gasteiger partial charge in [-0.15, -0.1) is 0 Å². The fourth-order valence-corrected chi connectivity index (χ4v) is 3.69. The van der Waals surface area contributed by atoms with E-state index in [1.54, 1.807) is 0 Å². The maximum absolute atomic E-state index is 12.9. The highest BCUT2D eigenvalue weighted by molar-refractivity contribution is 6.30. The van der Waals surface area contributed by atoms with Gasteiger partial charge in [0.25, 0.3) is 0 Å². The zero-order valence-corrected chi connectivity index (χ0v) is 14.5. The average molecular weight is 343 g/mol. The molecule has 0 atom stereocenters. The number of amides is 1. The van der Waals surface area contributed by atoms with Crippen molar-refractivity contribution in [2.75, 3.05) is 12.3 Å². The number of rotatable bonds is 5. The smallest absolute Gasteiger partial charge is 0.230 e. The molecule has 0 aliphatic heterocycles. The second-order valence-corrected chi connectivity index (χ2v) is 6.98. The molecule has 3 N–H and O–H groups in total. The van der Waals surface area contributed by atoms with Gasteiger partial charge in [-0.1, -0.05) is 48.7 Å². The summed E-state index contributed by atoms with van der Waals surface area (Å²) in [5, 5.41) is 3.84. The Morgan fingerprint density at radius 3 is 2.29 bits per heavy atom. The second-order valence-electron chi connectivity index (χ2n) is 6.54. The van der Waals surface area contributed by atoms with Crippen LogP contribution in [0.5, 0.6) is 0 Å².